The molecule has 0 amide bonds. The fourth-order valence-electron chi connectivity index (χ4n) is 3.29. The van der Waals surface area contributed by atoms with Crippen LogP contribution in [0.2, 0.25) is 0 Å². The molecular weight excluding hydrogens is 372 g/mol. The summed E-state index contributed by atoms with van der Waals surface area (Å²) in [5.74, 6) is -2.85. The molecule has 0 saturated heterocycles. The van der Waals surface area contributed by atoms with E-state index in [1.807, 2.05) is 0 Å². The van der Waals surface area contributed by atoms with E-state index in [1.54, 1.807) is 32.0 Å². The molecule has 8 heteroatoms. The molecule has 1 aliphatic rings. The van der Waals surface area contributed by atoms with Gasteiger partial charge in [0.1, 0.15) is 5.78 Å². The quantitative estimate of drug-likeness (QED) is 0.488. The van der Waals surface area contributed by atoms with Gasteiger partial charge in [0.25, 0.3) is 0 Å². The highest BCUT2D eigenvalue weighted by Crippen LogP contribution is 2.43. The zero-order chi connectivity index (χ0) is 20.1. The summed E-state index contributed by atoms with van der Waals surface area (Å²) in [5.41, 5.74) is -1.68. The maximum Gasteiger partial charge on any atom is 0.323 e. The third-order valence-corrected chi connectivity index (χ3v) is 6.46. The number of carbonyl (C=O) groups is 3. The van der Waals surface area contributed by atoms with Gasteiger partial charge in [0, 0.05) is 12.3 Å². The van der Waals surface area contributed by atoms with E-state index in [4.69, 9.17) is 9.47 Å². The van der Waals surface area contributed by atoms with E-state index in [0.29, 0.717) is 0 Å². The van der Waals surface area contributed by atoms with Gasteiger partial charge in [-0.25, -0.2) is 8.42 Å². The number of carbonyl (C=O) groups excluding carboxylic acids is 3. The number of Topliss-reactive ketones (excluding diaryl/α,β-unsaturated/α-hetero) is 1. The van der Waals surface area contributed by atoms with Gasteiger partial charge < -0.3 is 9.47 Å². The summed E-state index contributed by atoms with van der Waals surface area (Å²) in [6.07, 6.45) is -0.370. The highest BCUT2D eigenvalue weighted by molar-refractivity contribution is 7.91. The molecule has 0 heterocycles. The monoisotopic (exact) mass is 396 g/mol. The zero-order valence-corrected chi connectivity index (χ0v) is 16.3. The van der Waals surface area contributed by atoms with Crippen molar-refractivity contribution < 1.29 is 32.3 Å². The molecule has 0 bridgehead atoms. The van der Waals surface area contributed by atoms with Gasteiger partial charge in [-0.2, -0.15) is 0 Å². The van der Waals surface area contributed by atoms with Crippen LogP contribution in [0.3, 0.4) is 0 Å². The SMILES string of the molecule is CCOC(=O)C1(C(=O)OCC)CC(=O)C(CCS(=O)(=O)c2ccccc2)C1. The van der Waals surface area contributed by atoms with Crippen LogP contribution in [-0.2, 0) is 33.7 Å². The van der Waals surface area contributed by atoms with Crippen LogP contribution in [0.1, 0.15) is 33.1 Å². The standard InChI is InChI=1S/C19H24O7S/c1-3-25-17(21)19(18(22)26-4-2)12-14(16(20)13-19)10-11-27(23,24)15-8-6-5-7-9-15/h5-9,14H,3-4,10-13H2,1-2H3. The normalized spacial score (nSPS) is 18.9. The Hall–Kier alpha value is -2.22. The summed E-state index contributed by atoms with van der Waals surface area (Å²) in [5, 5.41) is 0. The molecule has 0 aliphatic heterocycles. The maximum absolute atomic E-state index is 12.5. The van der Waals surface area contributed by atoms with Gasteiger partial charge in [-0.15, -0.1) is 0 Å². The molecule has 1 aromatic rings. The average Bonchev–Trinajstić information content (AvgIpc) is 2.99. The van der Waals surface area contributed by atoms with Crippen molar-refractivity contribution in [2.24, 2.45) is 11.3 Å². The second-order valence-electron chi connectivity index (χ2n) is 6.49. The Morgan fingerprint density at radius 2 is 1.63 bits per heavy atom. The van der Waals surface area contributed by atoms with Gasteiger partial charge in [-0.05, 0) is 38.8 Å². The number of hydrogen-bond donors (Lipinski definition) is 0. The van der Waals surface area contributed by atoms with Crippen molar-refractivity contribution in [1.82, 2.24) is 0 Å². The molecular formula is C19H24O7S. The Balaban J connectivity index is 2.16. The Morgan fingerprint density at radius 1 is 1.07 bits per heavy atom. The first-order valence-electron chi connectivity index (χ1n) is 8.91. The number of esters is 2. The van der Waals surface area contributed by atoms with Crippen LogP contribution < -0.4 is 0 Å². The molecule has 0 radical (unpaired) electrons. The van der Waals surface area contributed by atoms with Gasteiger partial charge in [0.15, 0.2) is 15.3 Å². The first kappa shape index (κ1) is 21.1. The Labute approximate surface area is 159 Å². The molecule has 2 rings (SSSR count). The zero-order valence-electron chi connectivity index (χ0n) is 15.5. The van der Waals surface area contributed by atoms with Crippen molar-refractivity contribution in [2.75, 3.05) is 19.0 Å². The Bertz CT molecular complexity index is 781. The van der Waals surface area contributed by atoms with E-state index < -0.39 is 33.1 Å². The number of ether oxygens (including phenoxy) is 2. The lowest BCUT2D eigenvalue weighted by molar-refractivity contribution is -0.172. The summed E-state index contributed by atoms with van der Waals surface area (Å²) in [6.45, 7) is 3.36. The molecule has 27 heavy (non-hydrogen) atoms. The fraction of sp³-hybridized carbons (Fsp3) is 0.526. The molecule has 1 fully saturated rings. The van der Waals surface area contributed by atoms with Gasteiger partial charge in [0.2, 0.25) is 0 Å². The van der Waals surface area contributed by atoms with Crippen molar-refractivity contribution in [3.05, 3.63) is 30.3 Å². The van der Waals surface area contributed by atoms with Crippen LogP contribution in [0.5, 0.6) is 0 Å². The topological polar surface area (TPSA) is 104 Å². The number of hydrogen-bond acceptors (Lipinski definition) is 7. The van der Waals surface area contributed by atoms with Crippen molar-refractivity contribution in [1.29, 1.82) is 0 Å². The minimum absolute atomic E-state index is 0.0383. The number of rotatable bonds is 8. The first-order valence-corrected chi connectivity index (χ1v) is 10.6. The second-order valence-corrected chi connectivity index (χ2v) is 8.60. The number of benzene rings is 1. The molecule has 7 nitrogen and oxygen atoms in total. The predicted octanol–water partition coefficient (Wildman–Crippen LogP) is 1.94. The second kappa shape index (κ2) is 8.65. The molecule has 1 aliphatic carbocycles. The Morgan fingerprint density at radius 3 is 2.15 bits per heavy atom. The molecule has 1 atom stereocenters. The molecule has 0 N–H and O–H groups in total. The minimum Gasteiger partial charge on any atom is -0.465 e. The van der Waals surface area contributed by atoms with E-state index in [-0.39, 0.29) is 48.9 Å². The van der Waals surface area contributed by atoms with Crippen LogP contribution in [0.15, 0.2) is 35.2 Å². The fourth-order valence-corrected chi connectivity index (χ4v) is 4.69. The molecule has 148 valence electrons. The van der Waals surface area contributed by atoms with Crippen LogP contribution in [-0.4, -0.2) is 45.1 Å². The van der Waals surface area contributed by atoms with Crippen LogP contribution >= 0.6 is 0 Å². The highest BCUT2D eigenvalue weighted by atomic mass is 32.2. The maximum atomic E-state index is 12.5. The van der Waals surface area contributed by atoms with Crippen molar-refractivity contribution in [2.45, 2.75) is 38.0 Å². The number of ketones is 1. The third-order valence-electron chi connectivity index (χ3n) is 4.70. The molecule has 0 spiro atoms. The minimum atomic E-state index is -3.55. The van der Waals surface area contributed by atoms with Crippen molar-refractivity contribution >= 4 is 27.6 Å². The third kappa shape index (κ3) is 4.55. The van der Waals surface area contributed by atoms with E-state index in [1.165, 1.54) is 12.1 Å². The van der Waals surface area contributed by atoms with Gasteiger partial charge >= 0.3 is 11.9 Å². The van der Waals surface area contributed by atoms with Crippen molar-refractivity contribution in [3.63, 3.8) is 0 Å². The summed E-state index contributed by atoms with van der Waals surface area (Å²) in [6, 6.07) is 7.95. The van der Waals surface area contributed by atoms with E-state index >= 15 is 0 Å². The van der Waals surface area contributed by atoms with Crippen LogP contribution in [0.4, 0.5) is 0 Å². The summed E-state index contributed by atoms with van der Waals surface area (Å²) in [7, 11) is -3.55. The molecule has 0 aromatic heterocycles. The van der Waals surface area contributed by atoms with Crippen LogP contribution in [0.25, 0.3) is 0 Å². The molecule has 1 aromatic carbocycles. The van der Waals surface area contributed by atoms with E-state index in [0.717, 1.165) is 0 Å². The highest BCUT2D eigenvalue weighted by Gasteiger charge is 2.57. The van der Waals surface area contributed by atoms with Crippen LogP contribution in [0, 0.1) is 11.3 Å². The lowest BCUT2D eigenvalue weighted by Crippen LogP contribution is -2.40. The predicted molar refractivity (Wildman–Crippen MR) is 96.5 cm³/mol. The van der Waals surface area contributed by atoms with Gasteiger partial charge in [-0.3, -0.25) is 14.4 Å². The molecule has 1 saturated carbocycles. The van der Waals surface area contributed by atoms with E-state index in [9.17, 15) is 22.8 Å². The Kier molecular flexibility index (Phi) is 6.75. The lowest BCUT2D eigenvalue weighted by Gasteiger charge is -2.23. The number of sulfone groups is 1. The lowest BCUT2D eigenvalue weighted by atomic mass is 9.85. The average molecular weight is 396 g/mol. The summed E-state index contributed by atoms with van der Waals surface area (Å²) < 4.78 is 34.9. The largest absolute Gasteiger partial charge is 0.465 e. The first-order chi connectivity index (χ1) is 12.8. The van der Waals surface area contributed by atoms with E-state index in [2.05, 4.69) is 0 Å². The van der Waals surface area contributed by atoms with Gasteiger partial charge in [0.05, 0.1) is 23.9 Å². The molecule has 1 unspecified atom stereocenters. The summed E-state index contributed by atoms with van der Waals surface area (Å²) >= 11 is 0. The van der Waals surface area contributed by atoms with Gasteiger partial charge in [-0.1, -0.05) is 18.2 Å². The smallest absolute Gasteiger partial charge is 0.323 e. The van der Waals surface area contributed by atoms with Crippen molar-refractivity contribution in [3.8, 4) is 0 Å². The summed E-state index contributed by atoms with van der Waals surface area (Å²) in [4.78, 5) is 37.4.